The molecular formula is C24H26O2. The van der Waals surface area contributed by atoms with E-state index in [9.17, 15) is 10.2 Å². The molecule has 0 fully saturated rings. The lowest BCUT2D eigenvalue weighted by Gasteiger charge is -2.21. The van der Waals surface area contributed by atoms with E-state index >= 15 is 0 Å². The molecule has 0 aliphatic carbocycles. The molecule has 0 aliphatic heterocycles. The van der Waals surface area contributed by atoms with Crippen molar-refractivity contribution in [1.82, 2.24) is 0 Å². The van der Waals surface area contributed by atoms with Gasteiger partial charge in [-0.3, -0.25) is 0 Å². The highest BCUT2D eigenvalue weighted by Gasteiger charge is 2.17. The van der Waals surface area contributed by atoms with E-state index in [1.165, 1.54) is 22.3 Å². The Kier molecular flexibility index (Phi) is 5.03. The molecule has 134 valence electrons. The third-order valence-corrected chi connectivity index (χ3v) is 4.82. The van der Waals surface area contributed by atoms with Gasteiger partial charge in [0.15, 0.2) is 0 Å². The molecule has 0 aromatic heterocycles. The molecule has 0 spiro atoms. The number of phenols is 2. The number of hydrogen-bond acceptors (Lipinski definition) is 2. The lowest BCUT2D eigenvalue weighted by atomic mass is 9.83. The maximum atomic E-state index is 9.63. The smallest absolute Gasteiger partial charge is 0.115 e. The minimum absolute atomic E-state index is 0.275. The zero-order valence-electron chi connectivity index (χ0n) is 15.8. The third-order valence-electron chi connectivity index (χ3n) is 4.82. The predicted octanol–water partition coefficient (Wildman–Crippen LogP) is 6.68. The SMILES string of the molecule is CC(C)c1cc(C(C)C)c(-c2ccc(O)cc2)cc1-c1ccc(O)cc1. The first-order valence-corrected chi connectivity index (χ1v) is 9.13. The van der Waals surface area contributed by atoms with Crippen LogP contribution in [0.25, 0.3) is 22.3 Å². The van der Waals surface area contributed by atoms with E-state index in [1.807, 2.05) is 24.3 Å². The van der Waals surface area contributed by atoms with Gasteiger partial charge in [-0.05, 0) is 75.5 Å². The summed E-state index contributed by atoms with van der Waals surface area (Å²) in [5, 5.41) is 19.3. The Labute approximate surface area is 155 Å². The van der Waals surface area contributed by atoms with Gasteiger partial charge in [0.05, 0.1) is 0 Å². The molecule has 0 aliphatic rings. The van der Waals surface area contributed by atoms with Crippen molar-refractivity contribution >= 4 is 0 Å². The second-order valence-corrected chi connectivity index (χ2v) is 7.43. The fourth-order valence-corrected chi connectivity index (χ4v) is 3.37. The molecule has 0 atom stereocenters. The minimum atomic E-state index is 0.275. The largest absolute Gasteiger partial charge is 0.508 e. The minimum Gasteiger partial charge on any atom is -0.508 e. The van der Waals surface area contributed by atoms with Crippen LogP contribution in [-0.2, 0) is 0 Å². The fraction of sp³-hybridized carbons (Fsp3) is 0.250. The van der Waals surface area contributed by atoms with Crippen LogP contribution in [0.5, 0.6) is 11.5 Å². The lowest BCUT2D eigenvalue weighted by Crippen LogP contribution is -2.00. The first-order valence-electron chi connectivity index (χ1n) is 9.13. The number of benzene rings is 3. The number of rotatable bonds is 4. The van der Waals surface area contributed by atoms with Crippen LogP contribution in [-0.4, -0.2) is 10.2 Å². The lowest BCUT2D eigenvalue weighted by molar-refractivity contribution is 0.475. The van der Waals surface area contributed by atoms with Gasteiger partial charge in [0.1, 0.15) is 11.5 Å². The predicted molar refractivity (Wildman–Crippen MR) is 109 cm³/mol. The van der Waals surface area contributed by atoms with Crippen LogP contribution in [0.3, 0.4) is 0 Å². The van der Waals surface area contributed by atoms with Gasteiger partial charge in [-0.2, -0.15) is 0 Å². The van der Waals surface area contributed by atoms with Crippen LogP contribution in [0.4, 0.5) is 0 Å². The van der Waals surface area contributed by atoms with Gasteiger partial charge in [0.2, 0.25) is 0 Å². The van der Waals surface area contributed by atoms with E-state index in [1.54, 1.807) is 24.3 Å². The van der Waals surface area contributed by atoms with E-state index in [0.29, 0.717) is 11.8 Å². The van der Waals surface area contributed by atoms with Crippen LogP contribution < -0.4 is 0 Å². The summed E-state index contributed by atoms with van der Waals surface area (Å²) in [5.74, 6) is 1.34. The molecule has 2 heteroatoms. The van der Waals surface area contributed by atoms with E-state index in [4.69, 9.17) is 0 Å². The maximum Gasteiger partial charge on any atom is 0.115 e. The summed E-state index contributed by atoms with van der Waals surface area (Å²) in [4.78, 5) is 0. The van der Waals surface area contributed by atoms with E-state index in [0.717, 1.165) is 11.1 Å². The molecule has 0 amide bonds. The van der Waals surface area contributed by atoms with Crippen molar-refractivity contribution < 1.29 is 10.2 Å². The zero-order valence-corrected chi connectivity index (χ0v) is 15.8. The van der Waals surface area contributed by atoms with Crippen molar-refractivity contribution in [2.24, 2.45) is 0 Å². The van der Waals surface area contributed by atoms with Crippen molar-refractivity contribution in [2.75, 3.05) is 0 Å². The molecule has 0 bridgehead atoms. The molecule has 0 unspecified atom stereocenters. The number of hydrogen-bond donors (Lipinski definition) is 2. The molecule has 0 radical (unpaired) electrons. The Morgan fingerprint density at radius 2 is 0.885 bits per heavy atom. The molecule has 3 aromatic carbocycles. The molecule has 0 saturated heterocycles. The van der Waals surface area contributed by atoms with Crippen molar-refractivity contribution in [3.63, 3.8) is 0 Å². The Hall–Kier alpha value is -2.74. The van der Waals surface area contributed by atoms with E-state index in [2.05, 4.69) is 39.8 Å². The summed E-state index contributed by atoms with van der Waals surface area (Å²) in [6.45, 7) is 8.85. The van der Waals surface area contributed by atoms with Crippen molar-refractivity contribution in [2.45, 2.75) is 39.5 Å². The second kappa shape index (κ2) is 7.25. The first kappa shape index (κ1) is 18.1. The molecule has 0 saturated carbocycles. The average Bonchev–Trinajstić information content (AvgIpc) is 2.62. The molecule has 0 heterocycles. The highest BCUT2D eigenvalue weighted by Crippen LogP contribution is 2.39. The zero-order chi connectivity index (χ0) is 18.8. The van der Waals surface area contributed by atoms with Gasteiger partial charge in [0.25, 0.3) is 0 Å². The Morgan fingerprint density at radius 1 is 0.538 bits per heavy atom. The summed E-state index contributed by atoms with van der Waals surface area (Å²) < 4.78 is 0. The van der Waals surface area contributed by atoms with Gasteiger partial charge < -0.3 is 10.2 Å². The third kappa shape index (κ3) is 3.60. The van der Waals surface area contributed by atoms with Crippen LogP contribution in [0.15, 0.2) is 60.7 Å². The number of phenolic OH excluding ortho intramolecular Hbond substituents is 2. The molecule has 26 heavy (non-hydrogen) atoms. The van der Waals surface area contributed by atoms with Crippen molar-refractivity contribution in [3.05, 3.63) is 71.8 Å². The Bertz CT molecular complexity index is 816. The van der Waals surface area contributed by atoms with Gasteiger partial charge >= 0.3 is 0 Å². The fourth-order valence-electron chi connectivity index (χ4n) is 3.37. The summed E-state index contributed by atoms with van der Waals surface area (Å²) in [5.41, 5.74) is 7.19. The molecular weight excluding hydrogens is 320 g/mol. The van der Waals surface area contributed by atoms with Gasteiger partial charge in [-0.25, -0.2) is 0 Å². The summed E-state index contributed by atoms with van der Waals surface area (Å²) in [6, 6.07) is 19.4. The molecule has 2 N–H and O–H groups in total. The van der Waals surface area contributed by atoms with Crippen LogP contribution in [0.2, 0.25) is 0 Å². The van der Waals surface area contributed by atoms with Crippen LogP contribution in [0, 0.1) is 0 Å². The molecule has 3 aromatic rings. The van der Waals surface area contributed by atoms with Crippen LogP contribution >= 0.6 is 0 Å². The van der Waals surface area contributed by atoms with Crippen LogP contribution in [0.1, 0.15) is 50.7 Å². The van der Waals surface area contributed by atoms with Crippen molar-refractivity contribution in [3.8, 4) is 33.8 Å². The van der Waals surface area contributed by atoms with E-state index in [-0.39, 0.29) is 11.5 Å². The highest BCUT2D eigenvalue weighted by atomic mass is 16.3. The average molecular weight is 346 g/mol. The highest BCUT2D eigenvalue weighted by molar-refractivity contribution is 5.79. The summed E-state index contributed by atoms with van der Waals surface area (Å²) in [6.07, 6.45) is 0. The molecule has 2 nitrogen and oxygen atoms in total. The number of aromatic hydroxyl groups is 2. The molecule has 3 rings (SSSR count). The second-order valence-electron chi connectivity index (χ2n) is 7.43. The van der Waals surface area contributed by atoms with Gasteiger partial charge in [0, 0.05) is 0 Å². The summed E-state index contributed by atoms with van der Waals surface area (Å²) >= 11 is 0. The van der Waals surface area contributed by atoms with Gasteiger partial charge in [-0.1, -0.05) is 58.0 Å². The quantitative estimate of drug-likeness (QED) is 0.553. The summed E-state index contributed by atoms with van der Waals surface area (Å²) in [7, 11) is 0. The maximum absolute atomic E-state index is 9.63. The monoisotopic (exact) mass is 346 g/mol. The van der Waals surface area contributed by atoms with Gasteiger partial charge in [-0.15, -0.1) is 0 Å². The standard InChI is InChI=1S/C24H26O2/c1-15(2)21-13-22(16(3)4)24(18-7-11-20(26)12-8-18)14-23(21)17-5-9-19(25)10-6-17/h5-16,25-26H,1-4H3. The Balaban J connectivity index is 2.27. The topological polar surface area (TPSA) is 40.5 Å². The normalized spacial score (nSPS) is 11.3. The van der Waals surface area contributed by atoms with Crippen molar-refractivity contribution in [1.29, 1.82) is 0 Å². The first-order chi connectivity index (χ1) is 12.4. The Morgan fingerprint density at radius 3 is 1.19 bits per heavy atom. The van der Waals surface area contributed by atoms with E-state index < -0.39 is 0 Å².